The third-order valence-corrected chi connectivity index (χ3v) is 3.56. The maximum Gasteiger partial charge on any atom is 1.00 e. The second-order valence-corrected chi connectivity index (χ2v) is 4.97. The van der Waals surface area contributed by atoms with Crippen molar-refractivity contribution in [3.63, 3.8) is 0 Å². The second kappa shape index (κ2) is 5.56. The molecule has 0 saturated carbocycles. The topological polar surface area (TPSA) is 109 Å². The van der Waals surface area contributed by atoms with E-state index in [-0.39, 0.29) is 46.7 Å². The Morgan fingerprint density at radius 1 is 1.11 bits per heavy atom. The van der Waals surface area contributed by atoms with E-state index in [0.717, 1.165) is 5.56 Å². The number of benzene rings is 2. The maximum absolute atomic E-state index is 11.2. The van der Waals surface area contributed by atoms with Crippen LogP contribution in [0.25, 0.3) is 10.8 Å². The maximum atomic E-state index is 11.2. The number of nitrogens with two attached hydrogens (primary N) is 2. The summed E-state index contributed by atoms with van der Waals surface area (Å²) in [4.78, 5) is -0.370. The number of hydrogen-bond donors (Lipinski definition) is 2. The molecule has 7 heteroatoms. The second-order valence-electron chi connectivity index (χ2n) is 3.65. The Morgan fingerprint density at radius 2 is 1.78 bits per heavy atom. The molecule has 5 nitrogen and oxygen atoms in total. The van der Waals surface area contributed by atoms with Crippen molar-refractivity contribution in [1.82, 2.24) is 0 Å². The SMILES string of the molecule is NCc1cccc2c(S(=O)(=O)[O-])c(N)ccc12.[Na+]. The molecule has 0 heterocycles. The summed E-state index contributed by atoms with van der Waals surface area (Å²) in [6.45, 7) is 0.263. The molecule has 2 aromatic rings. The van der Waals surface area contributed by atoms with Gasteiger partial charge in [0.25, 0.3) is 0 Å². The van der Waals surface area contributed by atoms with Crippen LogP contribution in [0.1, 0.15) is 5.56 Å². The summed E-state index contributed by atoms with van der Waals surface area (Å²) < 4.78 is 33.6. The van der Waals surface area contributed by atoms with Crippen molar-refractivity contribution in [1.29, 1.82) is 0 Å². The Labute approximate surface area is 127 Å². The number of rotatable bonds is 2. The van der Waals surface area contributed by atoms with Crippen LogP contribution in [0.5, 0.6) is 0 Å². The van der Waals surface area contributed by atoms with Gasteiger partial charge in [-0.3, -0.25) is 0 Å². The molecule has 2 aromatic carbocycles. The van der Waals surface area contributed by atoms with Crippen molar-refractivity contribution in [3.05, 3.63) is 35.9 Å². The average molecular weight is 274 g/mol. The minimum absolute atomic E-state index is 0. The zero-order valence-electron chi connectivity index (χ0n) is 9.88. The van der Waals surface area contributed by atoms with Crippen molar-refractivity contribution in [3.8, 4) is 0 Å². The molecule has 0 aliphatic carbocycles. The predicted molar refractivity (Wildman–Crippen MR) is 64.2 cm³/mol. The Balaban J connectivity index is 0.00000162. The molecule has 0 unspecified atom stereocenters. The van der Waals surface area contributed by atoms with Gasteiger partial charge in [-0.1, -0.05) is 24.3 Å². The summed E-state index contributed by atoms with van der Waals surface area (Å²) in [5.41, 5.74) is 11.8. The number of hydrogen-bond acceptors (Lipinski definition) is 5. The molecule has 90 valence electrons. The molecule has 2 rings (SSSR count). The van der Waals surface area contributed by atoms with Crippen LogP contribution in [0.3, 0.4) is 0 Å². The fourth-order valence-corrected chi connectivity index (χ4v) is 2.67. The van der Waals surface area contributed by atoms with Gasteiger partial charge >= 0.3 is 29.6 Å². The van der Waals surface area contributed by atoms with Gasteiger partial charge in [0, 0.05) is 17.6 Å². The van der Waals surface area contributed by atoms with Gasteiger partial charge < -0.3 is 16.0 Å². The van der Waals surface area contributed by atoms with Crippen LogP contribution in [-0.4, -0.2) is 13.0 Å². The largest absolute Gasteiger partial charge is 1.00 e. The monoisotopic (exact) mass is 274 g/mol. The Hall–Kier alpha value is -0.630. The minimum Gasteiger partial charge on any atom is -0.744 e. The van der Waals surface area contributed by atoms with E-state index in [9.17, 15) is 13.0 Å². The van der Waals surface area contributed by atoms with Crippen molar-refractivity contribution < 1.29 is 42.5 Å². The van der Waals surface area contributed by atoms with Gasteiger partial charge in [-0.15, -0.1) is 0 Å². The molecule has 0 aromatic heterocycles. The average Bonchev–Trinajstić information content (AvgIpc) is 2.25. The van der Waals surface area contributed by atoms with E-state index in [4.69, 9.17) is 11.5 Å². The van der Waals surface area contributed by atoms with E-state index >= 15 is 0 Å². The summed E-state index contributed by atoms with van der Waals surface area (Å²) in [7, 11) is -4.60. The first-order chi connectivity index (χ1) is 7.95. The Morgan fingerprint density at radius 3 is 2.33 bits per heavy atom. The van der Waals surface area contributed by atoms with Crippen molar-refractivity contribution in [2.24, 2.45) is 5.73 Å². The summed E-state index contributed by atoms with van der Waals surface area (Å²) in [5.74, 6) is 0. The quantitative estimate of drug-likeness (QED) is 0.366. The Bertz CT molecular complexity index is 686. The van der Waals surface area contributed by atoms with Crippen LogP contribution in [0.2, 0.25) is 0 Å². The molecule has 0 aliphatic heterocycles. The number of anilines is 1. The van der Waals surface area contributed by atoms with Gasteiger partial charge in [-0.05, 0) is 17.0 Å². The molecule has 18 heavy (non-hydrogen) atoms. The minimum atomic E-state index is -4.60. The first-order valence-electron chi connectivity index (χ1n) is 4.91. The normalized spacial score (nSPS) is 11.2. The van der Waals surface area contributed by atoms with E-state index in [2.05, 4.69) is 0 Å². The molecule has 4 N–H and O–H groups in total. The smallest absolute Gasteiger partial charge is 0.744 e. The fourth-order valence-electron chi connectivity index (χ4n) is 1.87. The van der Waals surface area contributed by atoms with Crippen molar-refractivity contribution in [2.75, 3.05) is 5.73 Å². The van der Waals surface area contributed by atoms with Gasteiger partial charge in [0.15, 0.2) is 0 Å². The summed E-state index contributed by atoms with van der Waals surface area (Å²) in [5, 5.41) is 0.960. The Kier molecular flexibility index (Phi) is 4.77. The van der Waals surface area contributed by atoms with Gasteiger partial charge in [-0.2, -0.15) is 0 Å². The van der Waals surface area contributed by atoms with Gasteiger partial charge in [-0.25, -0.2) is 8.42 Å². The van der Waals surface area contributed by atoms with Crippen LogP contribution in [-0.2, 0) is 16.7 Å². The molecule has 0 atom stereocenters. The zero-order chi connectivity index (χ0) is 12.6. The summed E-state index contributed by atoms with van der Waals surface area (Å²) in [6.07, 6.45) is 0. The van der Waals surface area contributed by atoms with Crippen molar-refractivity contribution >= 4 is 26.6 Å². The molecular weight excluding hydrogens is 263 g/mol. The fraction of sp³-hybridized carbons (Fsp3) is 0.0909. The summed E-state index contributed by atoms with van der Waals surface area (Å²) >= 11 is 0. The van der Waals surface area contributed by atoms with E-state index in [1.807, 2.05) is 0 Å². The molecular formula is C11H11N2NaO3S. The molecule has 0 aliphatic rings. The van der Waals surface area contributed by atoms with Crippen LogP contribution in [0.15, 0.2) is 35.2 Å². The van der Waals surface area contributed by atoms with Crippen LogP contribution in [0.4, 0.5) is 5.69 Å². The van der Waals surface area contributed by atoms with Crippen LogP contribution in [0, 0.1) is 0 Å². The molecule has 0 fully saturated rings. The first kappa shape index (κ1) is 15.4. The van der Waals surface area contributed by atoms with E-state index in [1.54, 1.807) is 24.3 Å². The summed E-state index contributed by atoms with van der Waals surface area (Å²) in [6, 6.07) is 8.06. The zero-order valence-corrected chi connectivity index (χ0v) is 12.7. The molecule has 0 bridgehead atoms. The third-order valence-electron chi connectivity index (χ3n) is 2.60. The van der Waals surface area contributed by atoms with E-state index < -0.39 is 10.1 Å². The van der Waals surface area contributed by atoms with Gasteiger partial charge in [0.1, 0.15) is 10.1 Å². The molecule has 0 spiro atoms. The molecule has 0 saturated heterocycles. The molecule has 0 amide bonds. The number of fused-ring (bicyclic) bond motifs is 1. The number of nitrogen functional groups attached to an aromatic ring is 1. The third kappa shape index (κ3) is 2.69. The molecule has 0 radical (unpaired) electrons. The van der Waals surface area contributed by atoms with Crippen LogP contribution < -0.4 is 41.0 Å². The van der Waals surface area contributed by atoms with Crippen LogP contribution >= 0.6 is 0 Å². The van der Waals surface area contributed by atoms with Gasteiger partial charge in [0.05, 0.1) is 4.90 Å². The van der Waals surface area contributed by atoms with Gasteiger partial charge in [0.2, 0.25) is 0 Å². The predicted octanol–water partition coefficient (Wildman–Crippen LogP) is -2.21. The first-order valence-corrected chi connectivity index (χ1v) is 6.32. The van der Waals surface area contributed by atoms with E-state index in [0.29, 0.717) is 10.8 Å². The standard InChI is InChI=1S/C11H12N2O3S.Na/c12-6-7-2-1-3-9-8(7)4-5-10(13)11(9)17(14,15)16;/h1-5H,6,12-13H2,(H,14,15,16);/q;+1/p-1. The van der Waals surface area contributed by atoms with Crippen molar-refractivity contribution in [2.45, 2.75) is 11.4 Å². The van der Waals surface area contributed by atoms with E-state index in [1.165, 1.54) is 6.07 Å².